The Bertz CT molecular complexity index is 1440. The summed E-state index contributed by atoms with van der Waals surface area (Å²) in [4.78, 5) is 31.0. The van der Waals surface area contributed by atoms with Gasteiger partial charge in [0.1, 0.15) is 16.8 Å². The van der Waals surface area contributed by atoms with Crippen molar-refractivity contribution in [3.8, 4) is 17.2 Å². The summed E-state index contributed by atoms with van der Waals surface area (Å²) >= 11 is 0. The molecule has 3 aliphatic rings. The lowest BCUT2D eigenvalue weighted by molar-refractivity contribution is 0.0949. The Morgan fingerprint density at radius 3 is 2.81 bits per heavy atom. The summed E-state index contributed by atoms with van der Waals surface area (Å²) in [5, 5.41) is 3.04. The first-order valence-corrected chi connectivity index (χ1v) is 13.1. The summed E-state index contributed by atoms with van der Waals surface area (Å²) in [6.07, 6.45) is 6.38. The van der Waals surface area contributed by atoms with Gasteiger partial charge in [0.15, 0.2) is 17.3 Å². The monoisotopic (exact) mass is 505 g/mol. The number of amides is 1. The molecule has 2 saturated heterocycles. The molecule has 2 unspecified atom stereocenters. The highest BCUT2D eigenvalue weighted by Gasteiger charge is 2.32. The number of piperidine rings is 1. The Morgan fingerprint density at radius 1 is 1.22 bits per heavy atom. The minimum Gasteiger partial charge on any atom is -0.451 e. The number of aromatic nitrogens is 1. The number of anilines is 1. The standard InChI is InChI=1S/C28H32FN5O3/c1-32-12-5-7-18(32)10-11-31-28(36)20-16-34-22-8-2-3-9-23(22)37-27-24(34)19(26(20)35)14-21(29)25(27)33-13-4-6-17(30)15-33/h2-3,8-9,14,16-18H,4-7,10-13,15,30H2,1H3,(H,31,36). The highest BCUT2D eigenvalue weighted by Crippen LogP contribution is 2.46. The van der Waals surface area contributed by atoms with Gasteiger partial charge < -0.3 is 30.2 Å². The van der Waals surface area contributed by atoms with Crippen LogP contribution in [0.2, 0.25) is 0 Å². The van der Waals surface area contributed by atoms with Gasteiger partial charge in [0.25, 0.3) is 5.91 Å². The first kappa shape index (κ1) is 23.9. The van der Waals surface area contributed by atoms with E-state index >= 15 is 4.39 Å². The van der Waals surface area contributed by atoms with Gasteiger partial charge in [-0.3, -0.25) is 9.59 Å². The maximum Gasteiger partial charge on any atom is 0.256 e. The van der Waals surface area contributed by atoms with Crippen molar-refractivity contribution in [2.24, 2.45) is 5.73 Å². The minimum absolute atomic E-state index is 0.0120. The van der Waals surface area contributed by atoms with Gasteiger partial charge in [-0.25, -0.2) is 4.39 Å². The Labute approximate surface area is 214 Å². The summed E-state index contributed by atoms with van der Waals surface area (Å²) < 4.78 is 23.8. The summed E-state index contributed by atoms with van der Waals surface area (Å²) in [5.41, 5.74) is 7.13. The maximum atomic E-state index is 15.7. The number of hydrogen-bond acceptors (Lipinski definition) is 6. The quantitative estimate of drug-likeness (QED) is 0.432. The number of halogens is 1. The molecule has 194 valence electrons. The number of hydrogen-bond donors (Lipinski definition) is 2. The number of pyridine rings is 1. The molecule has 2 fully saturated rings. The largest absolute Gasteiger partial charge is 0.451 e. The lowest BCUT2D eigenvalue weighted by Gasteiger charge is -2.35. The van der Waals surface area contributed by atoms with E-state index in [1.165, 1.54) is 6.07 Å². The Kier molecular flexibility index (Phi) is 6.12. The molecule has 2 atom stereocenters. The fourth-order valence-electron chi connectivity index (χ4n) is 6.02. The molecule has 0 radical (unpaired) electrons. The van der Waals surface area contributed by atoms with Crippen molar-refractivity contribution >= 4 is 22.5 Å². The molecule has 0 spiro atoms. The van der Waals surface area contributed by atoms with Crippen molar-refractivity contribution in [1.82, 2.24) is 14.8 Å². The highest BCUT2D eigenvalue weighted by molar-refractivity contribution is 6.01. The van der Waals surface area contributed by atoms with Crippen LogP contribution in [0.5, 0.6) is 11.5 Å². The van der Waals surface area contributed by atoms with E-state index in [0.29, 0.717) is 48.3 Å². The first-order chi connectivity index (χ1) is 17.9. The van der Waals surface area contributed by atoms with E-state index in [1.807, 2.05) is 23.1 Å². The van der Waals surface area contributed by atoms with Crippen LogP contribution in [-0.4, -0.2) is 60.7 Å². The number of nitrogens with two attached hydrogens (primary N) is 1. The lowest BCUT2D eigenvalue weighted by Crippen LogP contribution is -2.43. The van der Waals surface area contributed by atoms with E-state index in [4.69, 9.17) is 10.5 Å². The van der Waals surface area contributed by atoms with E-state index in [9.17, 15) is 9.59 Å². The van der Waals surface area contributed by atoms with E-state index in [1.54, 1.807) is 16.8 Å². The fourth-order valence-corrected chi connectivity index (χ4v) is 6.02. The van der Waals surface area contributed by atoms with Gasteiger partial charge in [0.05, 0.1) is 11.1 Å². The summed E-state index contributed by atoms with van der Waals surface area (Å²) in [6.45, 7) is 2.68. The molecule has 0 aliphatic carbocycles. The van der Waals surface area contributed by atoms with Crippen molar-refractivity contribution in [3.05, 3.63) is 58.1 Å². The molecule has 1 aromatic heterocycles. The topological polar surface area (TPSA) is 92.8 Å². The predicted molar refractivity (Wildman–Crippen MR) is 142 cm³/mol. The Balaban J connectivity index is 1.44. The highest BCUT2D eigenvalue weighted by atomic mass is 19.1. The zero-order valence-electron chi connectivity index (χ0n) is 21.0. The second-order valence-electron chi connectivity index (χ2n) is 10.4. The van der Waals surface area contributed by atoms with Crippen molar-refractivity contribution in [3.63, 3.8) is 0 Å². The van der Waals surface area contributed by atoms with Crippen molar-refractivity contribution in [1.29, 1.82) is 0 Å². The van der Waals surface area contributed by atoms with Gasteiger partial charge in [-0.1, -0.05) is 12.1 Å². The minimum atomic E-state index is -0.554. The predicted octanol–water partition coefficient (Wildman–Crippen LogP) is 3.38. The number of carbonyl (C=O) groups is 1. The molecule has 6 rings (SSSR count). The molecule has 0 saturated carbocycles. The van der Waals surface area contributed by atoms with Crippen molar-refractivity contribution < 1.29 is 13.9 Å². The molecule has 9 heteroatoms. The van der Waals surface area contributed by atoms with Gasteiger partial charge in [0, 0.05) is 37.9 Å². The van der Waals surface area contributed by atoms with Crippen LogP contribution in [0.25, 0.3) is 16.6 Å². The first-order valence-electron chi connectivity index (χ1n) is 13.1. The van der Waals surface area contributed by atoms with Crippen molar-refractivity contribution in [2.45, 2.75) is 44.2 Å². The molecule has 0 bridgehead atoms. The van der Waals surface area contributed by atoms with Crippen molar-refractivity contribution in [2.75, 3.05) is 38.1 Å². The smallest absolute Gasteiger partial charge is 0.256 e. The normalized spacial score (nSPS) is 21.1. The second kappa shape index (κ2) is 9.46. The number of fused-ring (bicyclic) bond motifs is 2. The van der Waals surface area contributed by atoms with E-state index < -0.39 is 17.2 Å². The average molecular weight is 506 g/mol. The molecular weight excluding hydrogens is 473 g/mol. The van der Waals surface area contributed by atoms with E-state index in [-0.39, 0.29) is 22.7 Å². The maximum absolute atomic E-state index is 15.7. The molecular formula is C28H32FN5O3. The average Bonchev–Trinajstić information content (AvgIpc) is 3.29. The van der Waals surface area contributed by atoms with Gasteiger partial charge in [-0.05, 0) is 63.9 Å². The van der Waals surface area contributed by atoms with Crippen LogP contribution in [-0.2, 0) is 0 Å². The number of nitrogens with zero attached hydrogens (tertiary/aromatic N) is 3. The molecule has 2 aromatic carbocycles. The fraction of sp³-hybridized carbons (Fsp3) is 0.429. The molecule has 8 nitrogen and oxygen atoms in total. The third kappa shape index (κ3) is 4.16. The van der Waals surface area contributed by atoms with Crippen LogP contribution in [0.1, 0.15) is 42.5 Å². The number of ether oxygens (including phenoxy) is 1. The third-order valence-corrected chi connectivity index (χ3v) is 7.96. The van der Waals surface area contributed by atoms with Gasteiger partial charge in [0.2, 0.25) is 5.43 Å². The summed E-state index contributed by atoms with van der Waals surface area (Å²) in [6, 6.07) is 8.98. The van der Waals surface area contributed by atoms with Crippen LogP contribution in [0, 0.1) is 5.82 Å². The van der Waals surface area contributed by atoms with Gasteiger partial charge in [-0.15, -0.1) is 0 Å². The molecule has 37 heavy (non-hydrogen) atoms. The Hall–Kier alpha value is -3.43. The Morgan fingerprint density at radius 2 is 2.03 bits per heavy atom. The van der Waals surface area contributed by atoms with E-state index in [2.05, 4.69) is 17.3 Å². The molecule has 3 aromatic rings. The SMILES string of the molecule is CN1CCCC1CCNC(=O)c1cn2c3c(c(N4CCCC(N)C4)c(F)cc3c1=O)Oc1ccccc1-2. The number of nitrogens with one attached hydrogen (secondary N) is 1. The summed E-state index contributed by atoms with van der Waals surface area (Å²) in [5.74, 6) is -0.186. The van der Waals surface area contributed by atoms with Crippen LogP contribution < -0.4 is 26.1 Å². The zero-order valence-corrected chi connectivity index (χ0v) is 21.0. The zero-order chi connectivity index (χ0) is 25.7. The van der Waals surface area contributed by atoms with Crippen LogP contribution in [0.3, 0.4) is 0 Å². The van der Waals surface area contributed by atoms with Crippen LogP contribution >= 0.6 is 0 Å². The lowest BCUT2D eigenvalue weighted by atomic mass is 10.0. The van der Waals surface area contributed by atoms with E-state index in [0.717, 1.165) is 38.6 Å². The molecule has 1 amide bonds. The summed E-state index contributed by atoms with van der Waals surface area (Å²) in [7, 11) is 2.09. The number of para-hydroxylation sites is 2. The van der Waals surface area contributed by atoms with Crippen LogP contribution in [0.15, 0.2) is 41.3 Å². The van der Waals surface area contributed by atoms with Gasteiger partial charge >= 0.3 is 0 Å². The number of rotatable bonds is 5. The number of benzene rings is 2. The van der Waals surface area contributed by atoms with Crippen LogP contribution in [0.4, 0.5) is 10.1 Å². The molecule has 3 N–H and O–H groups in total. The third-order valence-electron chi connectivity index (χ3n) is 7.96. The number of likely N-dealkylation sites (tertiary alicyclic amines) is 1. The molecule has 3 aliphatic heterocycles. The van der Waals surface area contributed by atoms with Gasteiger partial charge in [-0.2, -0.15) is 0 Å². The second-order valence-corrected chi connectivity index (χ2v) is 10.4. The molecule has 4 heterocycles. The number of carbonyl (C=O) groups excluding carboxylic acids is 1.